The molecule has 112 valence electrons. The molecule has 2 atom stereocenters. The quantitative estimate of drug-likeness (QED) is 0.919. The van der Waals surface area contributed by atoms with Gasteiger partial charge in [-0.3, -0.25) is 9.58 Å². The van der Waals surface area contributed by atoms with Gasteiger partial charge in [-0.05, 0) is 37.8 Å². The van der Waals surface area contributed by atoms with Crippen LogP contribution >= 0.6 is 0 Å². The van der Waals surface area contributed by atoms with Crippen LogP contribution in [0.15, 0.2) is 12.3 Å². The summed E-state index contributed by atoms with van der Waals surface area (Å²) in [6, 6.07) is 3.09. The van der Waals surface area contributed by atoms with Crippen molar-refractivity contribution in [2.75, 3.05) is 13.2 Å². The van der Waals surface area contributed by atoms with Crippen LogP contribution in [0.5, 0.6) is 0 Å². The molecule has 4 heteroatoms. The molecule has 1 aliphatic carbocycles. The Morgan fingerprint density at radius 1 is 1.25 bits per heavy atom. The summed E-state index contributed by atoms with van der Waals surface area (Å²) >= 11 is 0. The number of nitrogens with zero attached hydrogens (tertiary/aromatic N) is 3. The minimum atomic E-state index is 0.268. The van der Waals surface area contributed by atoms with Gasteiger partial charge >= 0.3 is 0 Å². The molecule has 2 unspecified atom stereocenters. The standard InChI is InChI=1S/C16H27N3O/c1-13-7-9-18(16(13)12-20)11-14-8-10-19(17-14)15-5-3-2-4-6-15/h8,10,13,15-16,20H,2-7,9,11-12H2,1H3. The van der Waals surface area contributed by atoms with Gasteiger partial charge in [0.1, 0.15) is 0 Å². The first kappa shape index (κ1) is 14.1. The zero-order chi connectivity index (χ0) is 13.9. The van der Waals surface area contributed by atoms with Crippen molar-refractivity contribution in [2.45, 2.75) is 64.1 Å². The van der Waals surface area contributed by atoms with Gasteiger partial charge in [-0.2, -0.15) is 5.10 Å². The van der Waals surface area contributed by atoms with E-state index in [1.807, 2.05) is 0 Å². The van der Waals surface area contributed by atoms with Gasteiger partial charge in [-0.25, -0.2) is 0 Å². The van der Waals surface area contributed by atoms with Crippen molar-refractivity contribution < 1.29 is 5.11 Å². The lowest BCUT2D eigenvalue weighted by Crippen LogP contribution is -2.34. The zero-order valence-electron chi connectivity index (χ0n) is 12.5. The molecule has 1 N–H and O–H groups in total. The first-order chi connectivity index (χ1) is 9.78. The molecule has 1 aromatic rings. The number of hydrogen-bond donors (Lipinski definition) is 1. The molecule has 0 radical (unpaired) electrons. The van der Waals surface area contributed by atoms with Crippen LogP contribution in [0.3, 0.4) is 0 Å². The Balaban J connectivity index is 1.62. The average molecular weight is 277 g/mol. The van der Waals surface area contributed by atoms with Gasteiger partial charge in [0.05, 0.1) is 18.3 Å². The van der Waals surface area contributed by atoms with Gasteiger partial charge in [0, 0.05) is 18.8 Å². The Hall–Kier alpha value is -0.870. The van der Waals surface area contributed by atoms with E-state index in [1.54, 1.807) is 0 Å². The van der Waals surface area contributed by atoms with Crippen LogP contribution in [-0.2, 0) is 6.54 Å². The molecule has 2 fully saturated rings. The summed E-state index contributed by atoms with van der Waals surface area (Å²) < 4.78 is 2.18. The predicted octanol–water partition coefficient (Wildman–Crippen LogP) is 2.59. The fourth-order valence-corrected chi connectivity index (χ4v) is 3.80. The zero-order valence-corrected chi connectivity index (χ0v) is 12.5. The van der Waals surface area contributed by atoms with Crippen LogP contribution < -0.4 is 0 Å². The number of aliphatic hydroxyl groups excluding tert-OH is 1. The maximum Gasteiger partial charge on any atom is 0.0765 e. The molecule has 2 heterocycles. The highest BCUT2D eigenvalue weighted by Gasteiger charge is 2.30. The monoisotopic (exact) mass is 277 g/mol. The van der Waals surface area contributed by atoms with Crippen molar-refractivity contribution in [3.8, 4) is 0 Å². The van der Waals surface area contributed by atoms with Crippen LogP contribution in [0.25, 0.3) is 0 Å². The minimum Gasteiger partial charge on any atom is -0.395 e. The summed E-state index contributed by atoms with van der Waals surface area (Å²) in [5.74, 6) is 0.598. The van der Waals surface area contributed by atoms with Crippen LogP contribution in [0.4, 0.5) is 0 Å². The smallest absolute Gasteiger partial charge is 0.0765 e. The van der Waals surface area contributed by atoms with E-state index in [9.17, 15) is 5.11 Å². The molecule has 0 spiro atoms. The van der Waals surface area contributed by atoms with Gasteiger partial charge in [-0.1, -0.05) is 26.2 Å². The van der Waals surface area contributed by atoms with Crippen molar-refractivity contribution in [1.82, 2.24) is 14.7 Å². The van der Waals surface area contributed by atoms with Crippen LogP contribution in [0, 0.1) is 5.92 Å². The van der Waals surface area contributed by atoms with E-state index in [0.29, 0.717) is 18.0 Å². The largest absolute Gasteiger partial charge is 0.395 e. The van der Waals surface area contributed by atoms with E-state index < -0.39 is 0 Å². The highest BCUT2D eigenvalue weighted by atomic mass is 16.3. The summed E-state index contributed by atoms with van der Waals surface area (Å²) in [7, 11) is 0. The SMILES string of the molecule is CC1CCN(Cc2ccn(C3CCCCC3)n2)C1CO. The lowest BCUT2D eigenvalue weighted by molar-refractivity contribution is 0.133. The predicted molar refractivity (Wildman–Crippen MR) is 79.4 cm³/mol. The number of rotatable bonds is 4. The molecule has 0 amide bonds. The third kappa shape index (κ3) is 2.91. The third-order valence-corrected chi connectivity index (χ3v) is 5.16. The van der Waals surface area contributed by atoms with Crippen LogP contribution in [0.2, 0.25) is 0 Å². The molecule has 1 saturated heterocycles. The Morgan fingerprint density at radius 2 is 2.05 bits per heavy atom. The first-order valence-electron chi connectivity index (χ1n) is 8.17. The Morgan fingerprint density at radius 3 is 2.80 bits per heavy atom. The second kappa shape index (κ2) is 6.27. The van der Waals surface area contributed by atoms with Gasteiger partial charge in [-0.15, -0.1) is 0 Å². The van der Waals surface area contributed by atoms with Crippen LogP contribution in [-0.4, -0.2) is 39.0 Å². The molecule has 1 aliphatic heterocycles. The maximum atomic E-state index is 9.53. The van der Waals surface area contributed by atoms with Crippen molar-refractivity contribution in [3.05, 3.63) is 18.0 Å². The van der Waals surface area contributed by atoms with Gasteiger partial charge < -0.3 is 5.11 Å². The molecule has 20 heavy (non-hydrogen) atoms. The van der Waals surface area contributed by atoms with Gasteiger partial charge in [0.15, 0.2) is 0 Å². The number of likely N-dealkylation sites (tertiary alicyclic amines) is 1. The lowest BCUT2D eigenvalue weighted by atomic mass is 9.96. The molecule has 2 aliphatic rings. The van der Waals surface area contributed by atoms with Crippen molar-refractivity contribution >= 4 is 0 Å². The molecule has 1 aromatic heterocycles. The van der Waals surface area contributed by atoms with Gasteiger partial charge in [0.25, 0.3) is 0 Å². The van der Waals surface area contributed by atoms with Crippen molar-refractivity contribution in [2.24, 2.45) is 5.92 Å². The van der Waals surface area contributed by atoms with E-state index in [-0.39, 0.29) is 6.61 Å². The van der Waals surface area contributed by atoms with E-state index in [2.05, 4.69) is 28.8 Å². The summed E-state index contributed by atoms with van der Waals surface area (Å²) in [6.45, 7) is 4.48. The van der Waals surface area contributed by atoms with Crippen molar-refractivity contribution in [1.29, 1.82) is 0 Å². The molecule has 4 nitrogen and oxygen atoms in total. The summed E-state index contributed by atoms with van der Waals surface area (Å²) in [5, 5.41) is 14.3. The number of aromatic nitrogens is 2. The fourth-order valence-electron chi connectivity index (χ4n) is 3.80. The Bertz CT molecular complexity index is 425. The molecule has 0 aromatic carbocycles. The summed E-state index contributed by atoms with van der Waals surface area (Å²) in [6.07, 6.45) is 9.97. The van der Waals surface area contributed by atoms with Crippen molar-refractivity contribution in [3.63, 3.8) is 0 Å². The molecule has 3 rings (SSSR count). The van der Waals surface area contributed by atoms with E-state index in [4.69, 9.17) is 5.10 Å². The fraction of sp³-hybridized carbons (Fsp3) is 0.812. The lowest BCUT2D eigenvalue weighted by Gasteiger charge is -2.24. The Labute approximate surface area is 121 Å². The van der Waals surface area contributed by atoms with E-state index in [0.717, 1.165) is 18.8 Å². The highest BCUT2D eigenvalue weighted by Crippen LogP contribution is 2.28. The maximum absolute atomic E-state index is 9.53. The topological polar surface area (TPSA) is 41.3 Å². The highest BCUT2D eigenvalue weighted by molar-refractivity contribution is 5.02. The summed E-state index contributed by atoms with van der Waals surface area (Å²) in [4.78, 5) is 2.39. The molecule has 1 saturated carbocycles. The number of aliphatic hydroxyl groups is 1. The summed E-state index contributed by atoms with van der Waals surface area (Å²) in [5.41, 5.74) is 1.16. The Kier molecular flexibility index (Phi) is 4.41. The normalized spacial score (nSPS) is 29.1. The molecular formula is C16H27N3O. The molecular weight excluding hydrogens is 250 g/mol. The molecule has 0 bridgehead atoms. The minimum absolute atomic E-state index is 0.268. The second-order valence-corrected chi connectivity index (χ2v) is 6.57. The van der Waals surface area contributed by atoms with E-state index >= 15 is 0 Å². The average Bonchev–Trinajstić information content (AvgIpc) is 3.08. The van der Waals surface area contributed by atoms with E-state index in [1.165, 1.54) is 38.5 Å². The first-order valence-corrected chi connectivity index (χ1v) is 8.17. The number of hydrogen-bond acceptors (Lipinski definition) is 3. The van der Waals surface area contributed by atoms with Gasteiger partial charge in [0.2, 0.25) is 0 Å². The second-order valence-electron chi connectivity index (χ2n) is 6.57. The van der Waals surface area contributed by atoms with Crippen LogP contribution in [0.1, 0.15) is 57.2 Å². The third-order valence-electron chi connectivity index (χ3n) is 5.16.